The first-order chi connectivity index (χ1) is 14.1. The molecule has 0 aromatic heterocycles. The normalized spacial score (nSPS) is 15.9. The van der Waals surface area contributed by atoms with Gasteiger partial charge in [-0.2, -0.15) is 0 Å². The highest BCUT2D eigenvalue weighted by atomic mass is 31.2. The summed E-state index contributed by atoms with van der Waals surface area (Å²) in [4.78, 5) is 14.8. The van der Waals surface area contributed by atoms with Crippen LogP contribution in [0.15, 0.2) is 0 Å². The lowest BCUT2D eigenvalue weighted by molar-refractivity contribution is -0.132. The minimum absolute atomic E-state index is 0.0480. The quantitative estimate of drug-likeness (QED) is 0.207. The molecule has 2 unspecified atom stereocenters. The van der Waals surface area contributed by atoms with Crippen molar-refractivity contribution in [3.8, 4) is 0 Å². The predicted octanol–water partition coefficient (Wildman–Crippen LogP) is 7.29. The van der Waals surface area contributed by atoms with E-state index in [1.54, 1.807) is 4.90 Å². The van der Waals surface area contributed by atoms with Crippen molar-refractivity contribution in [3.05, 3.63) is 0 Å². The van der Waals surface area contributed by atoms with Crippen LogP contribution in [-0.2, 0) is 18.4 Å². The van der Waals surface area contributed by atoms with Gasteiger partial charge in [-0.15, -0.1) is 0 Å². The Morgan fingerprint density at radius 1 is 0.800 bits per heavy atom. The van der Waals surface area contributed by atoms with E-state index < -0.39 is 7.60 Å². The van der Waals surface area contributed by atoms with Crippen LogP contribution < -0.4 is 0 Å². The molecule has 0 rings (SSSR count). The molecule has 0 aromatic carbocycles. The summed E-state index contributed by atoms with van der Waals surface area (Å²) in [6.07, 6.45) is 8.44. The minimum atomic E-state index is -3.50. The topological polar surface area (TPSA) is 55.8 Å². The summed E-state index contributed by atoms with van der Waals surface area (Å²) in [5.74, 6) is 0.558. The van der Waals surface area contributed by atoms with E-state index in [2.05, 4.69) is 27.7 Å². The summed E-state index contributed by atoms with van der Waals surface area (Å²) in [6, 6.07) is 0.0960. The molecule has 0 saturated carbocycles. The molecule has 0 N–H and O–H groups in total. The number of hydrogen-bond donors (Lipinski definition) is 0. The molecule has 0 spiro atoms. The first-order valence-electron chi connectivity index (χ1n) is 12.3. The first-order valence-corrected chi connectivity index (χ1v) is 14.1. The van der Waals surface area contributed by atoms with E-state index in [9.17, 15) is 9.36 Å². The largest absolute Gasteiger partial charge is 0.340 e. The second-order valence-electron chi connectivity index (χ2n) is 9.18. The van der Waals surface area contributed by atoms with Gasteiger partial charge in [-0.3, -0.25) is 9.36 Å². The van der Waals surface area contributed by atoms with Crippen molar-refractivity contribution in [1.82, 2.24) is 4.90 Å². The standard InChI is InChI=1S/C24H50NO4P/c1-9-13-15-22(11-3)17-28-30(27,29-18-23(12-4)16-14-10-2)19-24(26)25(20(5)6)21(7)8/h20-23H,9-19H2,1-8H3. The van der Waals surface area contributed by atoms with Gasteiger partial charge in [-0.05, 0) is 52.4 Å². The average Bonchev–Trinajstić information content (AvgIpc) is 2.67. The highest BCUT2D eigenvalue weighted by Gasteiger charge is 2.34. The Balaban J connectivity index is 5.30. The van der Waals surface area contributed by atoms with Crippen LogP contribution >= 0.6 is 7.60 Å². The van der Waals surface area contributed by atoms with Gasteiger partial charge in [-0.1, -0.05) is 66.2 Å². The van der Waals surface area contributed by atoms with Crippen molar-refractivity contribution in [1.29, 1.82) is 0 Å². The van der Waals surface area contributed by atoms with Crippen LogP contribution in [0.2, 0.25) is 0 Å². The maximum Gasteiger partial charge on any atom is 0.340 e. The van der Waals surface area contributed by atoms with Crippen LogP contribution in [0, 0.1) is 11.8 Å². The molecule has 2 atom stereocenters. The molecule has 0 radical (unpaired) electrons. The Morgan fingerprint density at radius 2 is 1.20 bits per heavy atom. The van der Waals surface area contributed by atoms with Crippen molar-refractivity contribution < 1.29 is 18.4 Å². The summed E-state index contributed by atoms with van der Waals surface area (Å²) in [7, 11) is -3.50. The van der Waals surface area contributed by atoms with Gasteiger partial charge >= 0.3 is 7.60 Å². The van der Waals surface area contributed by atoms with E-state index >= 15 is 0 Å². The van der Waals surface area contributed by atoms with Gasteiger partial charge in [-0.25, -0.2) is 0 Å². The molecule has 0 aliphatic carbocycles. The fraction of sp³-hybridized carbons (Fsp3) is 0.958. The van der Waals surface area contributed by atoms with E-state index in [0.717, 1.165) is 51.4 Å². The third kappa shape index (κ3) is 11.9. The molecule has 1 amide bonds. The number of rotatable bonds is 18. The van der Waals surface area contributed by atoms with E-state index in [-0.39, 0.29) is 24.2 Å². The zero-order valence-electron chi connectivity index (χ0n) is 21.1. The van der Waals surface area contributed by atoms with Gasteiger partial charge in [0.2, 0.25) is 5.91 Å². The third-order valence-corrected chi connectivity index (χ3v) is 7.57. The van der Waals surface area contributed by atoms with Crippen LogP contribution in [0.3, 0.4) is 0 Å². The van der Waals surface area contributed by atoms with E-state index in [0.29, 0.717) is 25.0 Å². The number of carbonyl (C=O) groups excluding carboxylic acids is 1. The monoisotopic (exact) mass is 447 g/mol. The summed E-state index contributed by atoms with van der Waals surface area (Å²) in [5.41, 5.74) is 0. The highest BCUT2D eigenvalue weighted by molar-refractivity contribution is 7.54. The van der Waals surface area contributed by atoms with Gasteiger partial charge in [0.1, 0.15) is 6.16 Å². The molecule has 0 aliphatic heterocycles. The van der Waals surface area contributed by atoms with Gasteiger partial charge in [0.15, 0.2) is 0 Å². The molecule has 6 heteroatoms. The zero-order chi connectivity index (χ0) is 23.2. The third-order valence-electron chi connectivity index (χ3n) is 5.83. The van der Waals surface area contributed by atoms with Crippen molar-refractivity contribution >= 4 is 13.5 Å². The van der Waals surface area contributed by atoms with Crippen LogP contribution in [0.1, 0.15) is 107 Å². The summed E-state index contributed by atoms with van der Waals surface area (Å²) in [6.45, 7) is 17.4. The van der Waals surface area contributed by atoms with Gasteiger partial charge in [0.05, 0.1) is 13.2 Å². The summed E-state index contributed by atoms with van der Waals surface area (Å²) in [5, 5.41) is 0. The lowest BCUT2D eigenvalue weighted by atomic mass is 10.0. The van der Waals surface area contributed by atoms with Crippen molar-refractivity contribution in [2.45, 2.75) is 119 Å². The van der Waals surface area contributed by atoms with Gasteiger partial charge < -0.3 is 13.9 Å². The lowest BCUT2D eigenvalue weighted by Gasteiger charge is -2.32. The molecular weight excluding hydrogens is 397 g/mol. The molecule has 0 heterocycles. The first kappa shape index (κ1) is 29.6. The minimum Gasteiger partial charge on any atom is -0.337 e. The smallest absolute Gasteiger partial charge is 0.337 e. The van der Waals surface area contributed by atoms with E-state index in [1.165, 1.54) is 0 Å². The second kappa shape index (κ2) is 16.3. The number of hydrogen-bond acceptors (Lipinski definition) is 4. The number of amides is 1. The van der Waals surface area contributed by atoms with E-state index in [1.807, 2.05) is 27.7 Å². The number of carbonyl (C=O) groups is 1. The SMILES string of the molecule is CCCCC(CC)COP(=O)(CC(=O)N(C(C)C)C(C)C)OCC(CC)CCCC. The number of nitrogens with zero attached hydrogens (tertiary/aromatic N) is 1. The maximum absolute atomic E-state index is 13.7. The average molecular weight is 448 g/mol. The van der Waals surface area contributed by atoms with Crippen LogP contribution in [0.5, 0.6) is 0 Å². The van der Waals surface area contributed by atoms with Gasteiger partial charge in [0.25, 0.3) is 0 Å². The van der Waals surface area contributed by atoms with Crippen molar-refractivity contribution in [2.75, 3.05) is 19.4 Å². The Labute approximate surface area is 187 Å². The summed E-state index contributed by atoms with van der Waals surface area (Å²) < 4.78 is 25.6. The molecule has 0 saturated heterocycles. The predicted molar refractivity (Wildman–Crippen MR) is 128 cm³/mol. The maximum atomic E-state index is 13.7. The lowest BCUT2D eigenvalue weighted by Crippen LogP contribution is -2.43. The van der Waals surface area contributed by atoms with Crippen molar-refractivity contribution in [3.63, 3.8) is 0 Å². The fourth-order valence-corrected chi connectivity index (χ4v) is 5.41. The van der Waals surface area contributed by atoms with Crippen LogP contribution in [-0.4, -0.2) is 42.3 Å². The molecule has 180 valence electrons. The van der Waals surface area contributed by atoms with Crippen LogP contribution in [0.25, 0.3) is 0 Å². The highest BCUT2D eigenvalue weighted by Crippen LogP contribution is 2.49. The molecule has 0 bridgehead atoms. The Kier molecular flexibility index (Phi) is 16.1. The molecule has 0 aromatic rings. The number of unbranched alkanes of at least 4 members (excludes halogenated alkanes) is 2. The molecule has 30 heavy (non-hydrogen) atoms. The zero-order valence-corrected chi connectivity index (χ0v) is 22.0. The second-order valence-corrected chi connectivity index (χ2v) is 11.2. The Bertz CT molecular complexity index is 464. The molecule has 0 aliphatic rings. The molecule has 0 fully saturated rings. The molecule has 5 nitrogen and oxygen atoms in total. The van der Waals surface area contributed by atoms with Crippen molar-refractivity contribution in [2.24, 2.45) is 11.8 Å². The van der Waals surface area contributed by atoms with Crippen LogP contribution in [0.4, 0.5) is 0 Å². The fourth-order valence-electron chi connectivity index (χ4n) is 3.78. The summed E-state index contributed by atoms with van der Waals surface area (Å²) >= 11 is 0. The van der Waals surface area contributed by atoms with Gasteiger partial charge in [0, 0.05) is 12.1 Å². The molecular formula is C24H50NO4P. The van der Waals surface area contributed by atoms with E-state index in [4.69, 9.17) is 9.05 Å². The Hall–Kier alpha value is -0.380. The Morgan fingerprint density at radius 3 is 1.50 bits per heavy atom.